The van der Waals surface area contributed by atoms with Gasteiger partial charge in [0.15, 0.2) is 5.76 Å². The molecule has 3 heterocycles. The van der Waals surface area contributed by atoms with Gasteiger partial charge in [-0.15, -0.1) is 0 Å². The Bertz CT molecular complexity index is 1740. The van der Waals surface area contributed by atoms with E-state index in [0.717, 1.165) is 5.56 Å². The van der Waals surface area contributed by atoms with E-state index in [-0.39, 0.29) is 11.3 Å². The number of aliphatic hydroxyl groups excluding tert-OH is 1. The van der Waals surface area contributed by atoms with Gasteiger partial charge in [0.2, 0.25) is 0 Å². The van der Waals surface area contributed by atoms with Crippen LogP contribution >= 0.6 is 0 Å². The molecule has 5 aromatic rings. The van der Waals surface area contributed by atoms with Crippen LogP contribution in [0.1, 0.15) is 28.6 Å². The third-order valence-electron chi connectivity index (χ3n) is 7.11. The molecule has 1 atom stereocenters. The number of carbonyl (C=O) groups is 2. The molecular formula is C33H27N3O4. The minimum Gasteiger partial charge on any atom is -0.505 e. The summed E-state index contributed by atoms with van der Waals surface area (Å²) in [7, 11) is 0. The molecular weight excluding hydrogens is 502 g/mol. The summed E-state index contributed by atoms with van der Waals surface area (Å²) in [5, 5.41) is 11.7. The maximum atomic E-state index is 13.6. The van der Waals surface area contributed by atoms with Crippen molar-refractivity contribution in [1.82, 2.24) is 14.3 Å². The number of hydrogen-bond acceptors (Lipinski definition) is 5. The summed E-state index contributed by atoms with van der Waals surface area (Å²) in [5.74, 6) is -0.405. The molecule has 2 aromatic heterocycles. The number of hydrogen-bond donors (Lipinski definition) is 1. The van der Waals surface area contributed by atoms with Crippen LogP contribution < -0.4 is 4.74 Å². The second kappa shape index (κ2) is 10.5. The fourth-order valence-electron chi connectivity index (χ4n) is 5.25. The normalized spacial score (nSPS) is 16.5. The predicted molar refractivity (Wildman–Crippen MR) is 152 cm³/mol. The summed E-state index contributed by atoms with van der Waals surface area (Å²) < 4.78 is 7.79. The number of nitrogens with zero attached hydrogens (tertiary/aromatic N) is 3. The van der Waals surface area contributed by atoms with Crippen LogP contribution in [0, 0.1) is 6.92 Å². The smallest absolute Gasteiger partial charge is 0.295 e. The summed E-state index contributed by atoms with van der Waals surface area (Å²) in [6, 6.07) is 31.2. The Labute approximate surface area is 231 Å². The number of carbonyl (C=O) groups excluding carboxylic acids is 2. The largest absolute Gasteiger partial charge is 0.505 e. The zero-order valence-electron chi connectivity index (χ0n) is 21.9. The van der Waals surface area contributed by atoms with E-state index in [2.05, 4.69) is 4.98 Å². The maximum Gasteiger partial charge on any atom is 0.295 e. The second-order valence-corrected chi connectivity index (χ2v) is 9.69. The molecule has 1 fully saturated rings. The first kappa shape index (κ1) is 25.1. The van der Waals surface area contributed by atoms with Crippen LogP contribution in [0.25, 0.3) is 11.4 Å². The molecule has 1 N–H and O–H groups in total. The van der Waals surface area contributed by atoms with Gasteiger partial charge in [-0.1, -0.05) is 66.7 Å². The van der Waals surface area contributed by atoms with E-state index in [0.29, 0.717) is 47.1 Å². The molecule has 0 radical (unpaired) electrons. The monoisotopic (exact) mass is 529 g/mol. The van der Waals surface area contributed by atoms with Gasteiger partial charge >= 0.3 is 0 Å². The second-order valence-electron chi connectivity index (χ2n) is 9.69. The Hall–Kier alpha value is -5.17. The number of aromatic nitrogens is 2. The number of rotatable bonds is 7. The average Bonchev–Trinajstić information content (AvgIpc) is 3.45. The highest BCUT2D eigenvalue weighted by atomic mass is 16.5. The highest BCUT2D eigenvalue weighted by Crippen LogP contribution is 2.41. The highest BCUT2D eigenvalue weighted by Gasteiger charge is 2.46. The van der Waals surface area contributed by atoms with E-state index in [1.54, 1.807) is 22.4 Å². The maximum absolute atomic E-state index is 13.6. The molecule has 0 aliphatic carbocycles. The van der Waals surface area contributed by atoms with Gasteiger partial charge in [0.25, 0.3) is 11.7 Å². The Morgan fingerprint density at radius 2 is 1.57 bits per heavy atom. The van der Waals surface area contributed by atoms with Crippen molar-refractivity contribution >= 4 is 23.1 Å². The van der Waals surface area contributed by atoms with Crippen LogP contribution in [0.5, 0.6) is 11.5 Å². The van der Waals surface area contributed by atoms with Crippen molar-refractivity contribution < 1.29 is 19.4 Å². The number of aliphatic hydroxyl groups is 1. The van der Waals surface area contributed by atoms with Crippen molar-refractivity contribution in [1.29, 1.82) is 0 Å². The summed E-state index contributed by atoms with van der Waals surface area (Å²) >= 11 is 0. The fraction of sp³-hybridized carbons (Fsp3) is 0.121. The third kappa shape index (κ3) is 4.62. The molecule has 7 heteroatoms. The Kier molecular flexibility index (Phi) is 6.62. The van der Waals surface area contributed by atoms with E-state index < -0.39 is 17.7 Å². The molecule has 7 nitrogen and oxygen atoms in total. The van der Waals surface area contributed by atoms with Gasteiger partial charge in [-0.25, -0.2) is 4.98 Å². The van der Waals surface area contributed by atoms with E-state index in [9.17, 15) is 14.7 Å². The first-order valence-electron chi connectivity index (χ1n) is 13.1. The number of para-hydroxylation sites is 1. The van der Waals surface area contributed by atoms with Gasteiger partial charge in [0, 0.05) is 12.7 Å². The third-order valence-corrected chi connectivity index (χ3v) is 7.11. The van der Waals surface area contributed by atoms with Crippen molar-refractivity contribution in [2.75, 3.05) is 6.54 Å². The molecule has 1 saturated heterocycles. The number of imidazole rings is 1. The van der Waals surface area contributed by atoms with E-state index in [4.69, 9.17) is 4.74 Å². The molecule has 1 amide bonds. The van der Waals surface area contributed by atoms with Gasteiger partial charge in [-0.3, -0.25) is 14.0 Å². The van der Waals surface area contributed by atoms with Gasteiger partial charge in [0.05, 0.1) is 17.3 Å². The van der Waals surface area contributed by atoms with Gasteiger partial charge in [-0.2, -0.15) is 0 Å². The average molecular weight is 530 g/mol. The van der Waals surface area contributed by atoms with E-state index >= 15 is 0 Å². The standard InChI is InChI=1S/C33H27N3O4/c1-22-29(35-19-9-8-17-27(35)34-22)31(37)28-30(24-13-10-16-26(21-24)40-25-14-6-3-7-15-25)36(33(39)32(28)38)20-18-23-11-4-2-5-12-23/h2-17,19,21,30,37H,18,20H2,1H3. The number of pyridine rings is 1. The Morgan fingerprint density at radius 3 is 2.35 bits per heavy atom. The fourth-order valence-corrected chi connectivity index (χ4v) is 5.25. The van der Waals surface area contributed by atoms with Crippen LogP contribution in [0.3, 0.4) is 0 Å². The number of aryl methyl sites for hydroxylation is 1. The van der Waals surface area contributed by atoms with Crippen molar-refractivity contribution in [3.05, 3.63) is 137 Å². The molecule has 6 rings (SSSR count). The summed E-state index contributed by atoms with van der Waals surface area (Å²) in [6.07, 6.45) is 2.33. The summed E-state index contributed by atoms with van der Waals surface area (Å²) in [6.45, 7) is 2.07. The van der Waals surface area contributed by atoms with Crippen LogP contribution in [0.2, 0.25) is 0 Å². The van der Waals surface area contributed by atoms with Gasteiger partial charge in [0.1, 0.15) is 22.8 Å². The van der Waals surface area contributed by atoms with Crippen LogP contribution in [-0.4, -0.2) is 37.6 Å². The van der Waals surface area contributed by atoms with Crippen molar-refractivity contribution in [2.45, 2.75) is 19.4 Å². The SMILES string of the molecule is Cc1nc2ccccn2c1C(O)=C1C(=O)C(=O)N(CCc2ccccc2)C1c1cccc(Oc2ccccc2)c1. The number of likely N-dealkylation sites (tertiary alicyclic amines) is 1. The first-order valence-corrected chi connectivity index (χ1v) is 13.1. The molecule has 198 valence electrons. The number of benzene rings is 3. The molecule has 0 bridgehead atoms. The molecule has 3 aromatic carbocycles. The number of ether oxygens (including phenoxy) is 1. The molecule has 1 aliphatic rings. The zero-order valence-corrected chi connectivity index (χ0v) is 21.9. The minimum absolute atomic E-state index is 0.0312. The van der Waals surface area contributed by atoms with Crippen molar-refractivity contribution in [3.63, 3.8) is 0 Å². The van der Waals surface area contributed by atoms with Crippen LogP contribution in [0.4, 0.5) is 0 Å². The molecule has 1 unspecified atom stereocenters. The Balaban J connectivity index is 1.47. The number of fused-ring (bicyclic) bond motifs is 1. The minimum atomic E-state index is -0.809. The summed E-state index contributed by atoms with van der Waals surface area (Å²) in [4.78, 5) is 33.2. The van der Waals surface area contributed by atoms with Crippen molar-refractivity contribution in [2.24, 2.45) is 0 Å². The number of amides is 1. The predicted octanol–water partition coefficient (Wildman–Crippen LogP) is 6.10. The lowest BCUT2D eigenvalue weighted by Crippen LogP contribution is -2.31. The van der Waals surface area contributed by atoms with Gasteiger partial charge < -0.3 is 14.7 Å². The Morgan fingerprint density at radius 1 is 0.875 bits per heavy atom. The van der Waals surface area contributed by atoms with E-state index in [1.165, 1.54) is 0 Å². The first-order chi connectivity index (χ1) is 19.5. The lowest BCUT2D eigenvalue weighted by atomic mass is 9.96. The highest BCUT2D eigenvalue weighted by molar-refractivity contribution is 6.46. The molecule has 1 aliphatic heterocycles. The van der Waals surface area contributed by atoms with Crippen LogP contribution in [-0.2, 0) is 16.0 Å². The van der Waals surface area contributed by atoms with Crippen molar-refractivity contribution in [3.8, 4) is 11.5 Å². The molecule has 0 spiro atoms. The van der Waals surface area contributed by atoms with Crippen LogP contribution in [0.15, 0.2) is 115 Å². The zero-order chi connectivity index (χ0) is 27.6. The quantitative estimate of drug-likeness (QED) is 0.156. The number of Topliss-reactive ketones (excluding diaryl/α,β-unsaturated/α-hetero) is 1. The lowest BCUT2D eigenvalue weighted by molar-refractivity contribution is -0.139. The van der Waals surface area contributed by atoms with E-state index in [1.807, 2.05) is 103 Å². The lowest BCUT2D eigenvalue weighted by Gasteiger charge is -2.25. The number of ketones is 1. The molecule has 40 heavy (non-hydrogen) atoms. The topological polar surface area (TPSA) is 84.1 Å². The van der Waals surface area contributed by atoms with Gasteiger partial charge in [-0.05, 0) is 60.9 Å². The molecule has 0 saturated carbocycles. The summed E-state index contributed by atoms with van der Waals surface area (Å²) in [5.41, 5.74) is 3.31.